The molecule has 0 saturated heterocycles. The number of benzene rings is 2. The average molecular weight is 337 g/mol. The van der Waals surface area contributed by atoms with Crippen molar-refractivity contribution in [3.8, 4) is 5.75 Å². The summed E-state index contributed by atoms with van der Waals surface area (Å²) in [5.41, 5.74) is 9.07. The minimum Gasteiger partial charge on any atom is -0.404 e. The second-order valence-electron chi connectivity index (χ2n) is 5.30. The summed E-state index contributed by atoms with van der Waals surface area (Å²) >= 11 is 0. The van der Waals surface area contributed by atoms with Crippen LogP contribution in [-0.2, 0) is 6.54 Å². The number of alkyl halides is 3. The third-order valence-corrected chi connectivity index (χ3v) is 3.29. The molecule has 0 aliphatic rings. The van der Waals surface area contributed by atoms with Gasteiger partial charge in [-0.15, -0.1) is 13.2 Å². The Morgan fingerprint density at radius 1 is 1.17 bits per heavy atom. The number of aryl methyl sites for hydroxylation is 2. The summed E-state index contributed by atoms with van der Waals surface area (Å²) in [5.74, 6) is -0.358. The summed E-state index contributed by atoms with van der Waals surface area (Å²) in [4.78, 5) is 4.16. The van der Waals surface area contributed by atoms with Crippen molar-refractivity contribution < 1.29 is 17.9 Å². The van der Waals surface area contributed by atoms with Crippen LogP contribution in [0.25, 0.3) is 0 Å². The van der Waals surface area contributed by atoms with Gasteiger partial charge in [-0.2, -0.15) is 0 Å². The largest absolute Gasteiger partial charge is 0.573 e. The molecular weight excluding hydrogens is 319 g/mol. The van der Waals surface area contributed by atoms with Crippen LogP contribution in [0, 0.1) is 13.8 Å². The number of guanidine groups is 1. The Morgan fingerprint density at radius 3 is 2.54 bits per heavy atom. The van der Waals surface area contributed by atoms with Crippen molar-refractivity contribution in [3.05, 3.63) is 59.2 Å². The van der Waals surface area contributed by atoms with E-state index in [4.69, 9.17) is 5.73 Å². The Balaban J connectivity index is 2.10. The number of nitrogens with two attached hydrogens (primary N) is 1. The molecule has 0 heterocycles. The smallest absolute Gasteiger partial charge is 0.404 e. The zero-order valence-corrected chi connectivity index (χ0v) is 13.3. The lowest BCUT2D eigenvalue weighted by molar-refractivity contribution is -0.274. The van der Waals surface area contributed by atoms with Gasteiger partial charge in [-0.1, -0.05) is 35.9 Å². The summed E-state index contributed by atoms with van der Waals surface area (Å²) < 4.78 is 41.1. The molecule has 0 radical (unpaired) electrons. The molecular formula is C17H18F3N3O. The Morgan fingerprint density at radius 2 is 1.88 bits per heavy atom. The monoisotopic (exact) mass is 337 g/mol. The van der Waals surface area contributed by atoms with Crippen LogP contribution >= 0.6 is 0 Å². The minimum atomic E-state index is -4.78. The van der Waals surface area contributed by atoms with Crippen LogP contribution in [0.15, 0.2) is 47.5 Å². The van der Waals surface area contributed by atoms with Crippen LogP contribution in [0.3, 0.4) is 0 Å². The number of halogens is 3. The van der Waals surface area contributed by atoms with E-state index < -0.39 is 6.36 Å². The predicted octanol–water partition coefficient (Wildman–Crippen LogP) is 4.13. The molecule has 0 fully saturated rings. The zero-order chi connectivity index (χ0) is 17.7. The SMILES string of the molecule is Cc1ccc(CN=C(N)Nc2ccccc2OC(F)(F)F)c(C)c1. The Kier molecular flexibility index (Phi) is 5.33. The number of rotatable bonds is 4. The molecule has 3 N–H and O–H groups in total. The van der Waals surface area contributed by atoms with Crippen molar-refractivity contribution in [2.24, 2.45) is 10.7 Å². The number of anilines is 1. The van der Waals surface area contributed by atoms with E-state index in [1.165, 1.54) is 18.2 Å². The summed E-state index contributed by atoms with van der Waals surface area (Å²) in [6.45, 7) is 4.29. The third kappa shape index (κ3) is 5.19. The van der Waals surface area contributed by atoms with Gasteiger partial charge in [-0.25, -0.2) is 4.99 Å². The fourth-order valence-corrected chi connectivity index (χ4v) is 2.15. The van der Waals surface area contributed by atoms with Crippen molar-refractivity contribution in [1.82, 2.24) is 0 Å². The normalized spacial score (nSPS) is 12.1. The predicted molar refractivity (Wildman–Crippen MR) is 88.0 cm³/mol. The molecule has 0 aliphatic heterocycles. The van der Waals surface area contributed by atoms with Gasteiger partial charge >= 0.3 is 6.36 Å². The zero-order valence-electron chi connectivity index (χ0n) is 13.3. The van der Waals surface area contributed by atoms with Crippen molar-refractivity contribution in [2.75, 3.05) is 5.32 Å². The fourth-order valence-electron chi connectivity index (χ4n) is 2.15. The van der Waals surface area contributed by atoms with Crippen LogP contribution in [0.1, 0.15) is 16.7 Å². The van der Waals surface area contributed by atoms with Crippen LogP contribution in [0.5, 0.6) is 5.75 Å². The van der Waals surface area contributed by atoms with E-state index in [1.54, 1.807) is 6.07 Å². The first-order valence-electron chi connectivity index (χ1n) is 7.22. The molecule has 0 spiro atoms. The second-order valence-corrected chi connectivity index (χ2v) is 5.30. The van der Waals surface area contributed by atoms with Gasteiger partial charge < -0.3 is 15.8 Å². The first-order chi connectivity index (χ1) is 11.2. The van der Waals surface area contributed by atoms with E-state index in [-0.39, 0.29) is 17.4 Å². The summed E-state index contributed by atoms with van der Waals surface area (Å²) in [5, 5.41) is 2.64. The number of hydrogen-bond acceptors (Lipinski definition) is 2. The summed E-state index contributed by atoms with van der Waals surface area (Å²) in [6, 6.07) is 11.6. The van der Waals surface area contributed by atoms with E-state index in [9.17, 15) is 13.2 Å². The molecule has 2 rings (SSSR count). The lowest BCUT2D eigenvalue weighted by Gasteiger charge is -2.14. The molecule has 0 amide bonds. The Hall–Kier alpha value is -2.70. The Bertz CT molecular complexity index is 742. The first kappa shape index (κ1) is 17.7. The van der Waals surface area contributed by atoms with Crippen LogP contribution in [0.2, 0.25) is 0 Å². The highest BCUT2D eigenvalue weighted by Gasteiger charge is 2.32. The molecule has 0 bridgehead atoms. The van der Waals surface area contributed by atoms with E-state index in [1.807, 2.05) is 32.0 Å². The molecule has 4 nitrogen and oxygen atoms in total. The van der Waals surface area contributed by atoms with Crippen molar-refractivity contribution >= 4 is 11.6 Å². The fraction of sp³-hybridized carbons (Fsp3) is 0.235. The minimum absolute atomic E-state index is 0.00759. The molecule has 0 saturated carbocycles. The van der Waals surface area contributed by atoms with Gasteiger partial charge in [0.05, 0.1) is 12.2 Å². The van der Waals surface area contributed by atoms with Crippen LogP contribution in [-0.4, -0.2) is 12.3 Å². The molecule has 128 valence electrons. The van der Waals surface area contributed by atoms with Gasteiger partial charge in [0, 0.05) is 0 Å². The topological polar surface area (TPSA) is 59.6 Å². The Labute approximate surface area is 138 Å². The van der Waals surface area contributed by atoms with E-state index >= 15 is 0 Å². The second kappa shape index (κ2) is 7.25. The molecule has 0 atom stereocenters. The number of hydrogen-bond donors (Lipinski definition) is 2. The molecule has 0 unspecified atom stereocenters. The molecule has 2 aromatic carbocycles. The maximum atomic E-state index is 12.4. The lowest BCUT2D eigenvalue weighted by atomic mass is 10.1. The summed E-state index contributed by atoms with van der Waals surface area (Å²) in [7, 11) is 0. The van der Waals surface area contributed by atoms with Gasteiger partial charge in [0.15, 0.2) is 11.7 Å². The number of nitrogens with zero attached hydrogens (tertiary/aromatic N) is 1. The summed E-state index contributed by atoms with van der Waals surface area (Å²) in [6.07, 6.45) is -4.78. The maximum Gasteiger partial charge on any atom is 0.573 e. The number of ether oxygens (including phenoxy) is 1. The highest BCUT2D eigenvalue weighted by molar-refractivity contribution is 5.93. The maximum absolute atomic E-state index is 12.4. The van der Waals surface area contributed by atoms with Gasteiger partial charge in [-0.05, 0) is 37.1 Å². The molecule has 2 aromatic rings. The number of para-hydroxylation sites is 2. The first-order valence-corrected chi connectivity index (χ1v) is 7.22. The highest BCUT2D eigenvalue weighted by atomic mass is 19.4. The van der Waals surface area contributed by atoms with Crippen molar-refractivity contribution in [1.29, 1.82) is 0 Å². The average Bonchev–Trinajstić information content (AvgIpc) is 2.47. The van der Waals surface area contributed by atoms with Crippen molar-refractivity contribution in [3.63, 3.8) is 0 Å². The van der Waals surface area contributed by atoms with Gasteiger partial charge in [0.1, 0.15) is 0 Å². The number of aliphatic imine (C=N–C) groups is 1. The number of nitrogens with one attached hydrogen (secondary N) is 1. The standard InChI is InChI=1S/C17H18F3N3O/c1-11-7-8-13(12(2)9-11)10-22-16(21)23-14-5-3-4-6-15(14)24-17(18,19)20/h3-9H,10H2,1-2H3,(H3,21,22,23). The molecule has 0 aromatic heterocycles. The van der Waals surface area contributed by atoms with E-state index in [0.717, 1.165) is 16.7 Å². The highest BCUT2D eigenvalue weighted by Crippen LogP contribution is 2.29. The third-order valence-electron chi connectivity index (χ3n) is 3.29. The van der Waals surface area contributed by atoms with Gasteiger partial charge in [0.2, 0.25) is 0 Å². The van der Waals surface area contributed by atoms with Crippen LogP contribution in [0.4, 0.5) is 18.9 Å². The van der Waals surface area contributed by atoms with Crippen molar-refractivity contribution in [2.45, 2.75) is 26.8 Å². The molecule has 24 heavy (non-hydrogen) atoms. The molecule has 7 heteroatoms. The van der Waals surface area contributed by atoms with E-state index in [2.05, 4.69) is 15.0 Å². The lowest BCUT2D eigenvalue weighted by Crippen LogP contribution is -2.24. The molecule has 0 aliphatic carbocycles. The van der Waals surface area contributed by atoms with E-state index in [0.29, 0.717) is 6.54 Å². The van der Waals surface area contributed by atoms with Crippen LogP contribution < -0.4 is 15.8 Å². The van der Waals surface area contributed by atoms with Gasteiger partial charge in [0.25, 0.3) is 0 Å². The van der Waals surface area contributed by atoms with Gasteiger partial charge in [-0.3, -0.25) is 0 Å². The quantitative estimate of drug-likeness (QED) is 0.651.